The molecule has 0 radical (unpaired) electrons. The van der Waals surface area contributed by atoms with Crippen LogP contribution in [-0.4, -0.2) is 20.0 Å². The quantitative estimate of drug-likeness (QED) is 0.139. The lowest BCUT2D eigenvalue weighted by atomic mass is 9.92. The molecular formula is C40H18F3N7. The summed E-state index contributed by atoms with van der Waals surface area (Å²) in [5, 5.41) is 31.0. The van der Waals surface area contributed by atoms with Gasteiger partial charge in [-0.1, -0.05) is 84.9 Å². The average molecular weight is 654 g/mol. The summed E-state index contributed by atoms with van der Waals surface area (Å²) < 4.78 is 45.1. The van der Waals surface area contributed by atoms with Gasteiger partial charge in [0.05, 0.1) is 29.0 Å². The monoisotopic (exact) mass is 653 g/mol. The third-order valence-electron chi connectivity index (χ3n) is 8.61. The zero-order chi connectivity index (χ0) is 34.5. The maximum Gasteiger partial charge on any atom is 0.187 e. The smallest absolute Gasteiger partial charge is 0.187 e. The number of nitrogens with zero attached hydrogens (tertiary/aromatic N) is 7. The first-order valence-corrected chi connectivity index (χ1v) is 15.2. The van der Waals surface area contributed by atoms with Gasteiger partial charge in [0, 0.05) is 21.7 Å². The molecule has 0 bridgehead atoms. The Morgan fingerprint density at radius 1 is 0.640 bits per heavy atom. The van der Waals surface area contributed by atoms with Crippen molar-refractivity contribution < 1.29 is 13.2 Å². The van der Waals surface area contributed by atoms with Crippen molar-refractivity contribution >= 4 is 38.4 Å². The fraction of sp³-hybridized carbons (Fsp3) is 0. The molecule has 0 N–H and O–H groups in total. The average Bonchev–Trinajstić information content (AvgIpc) is 3.61. The number of hydrogen-bond acceptors (Lipinski definition) is 5. The second-order valence-electron chi connectivity index (χ2n) is 11.4. The van der Waals surface area contributed by atoms with Gasteiger partial charge in [0.15, 0.2) is 23.1 Å². The molecule has 0 aliphatic carbocycles. The SMILES string of the molecule is [C-]#[N+]c1ccc(-c2nc3ccccc3c3c2cc(-c2ccc(-c4c(F)c(C#N)c(F)c(C#N)c4F)cc2)c2nn(-c4ccccc4)nc23)cc1. The topological polar surface area (TPSA) is 95.5 Å². The number of nitriles is 2. The Morgan fingerprint density at radius 2 is 1.24 bits per heavy atom. The fourth-order valence-corrected chi connectivity index (χ4v) is 6.23. The Labute approximate surface area is 282 Å². The minimum Gasteiger partial charge on any atom is -0.247 e. The lowest BCUT2D eigenvalue weighted by Gasteiger charge is -2.14. The lowest BCUT2D eigenvalue weighted by Crippen LogP contribution is -2.03. The van der Waals surface area contributed by atoms with Crippen LogP contribution in [0, 0.1) is 46.7 Å². The van der Waals surface area contributed by atoms with E-state index in [4.69, 9.17) is 21.8 Å². The normalized spacial score (nSPS) is 11.0. The van der Waals surface area contributed by atoms with Crippen molar-refractivity contribution in [3.05, 3.63) is 149 Å². The Balaban J connectivity index is 1.42. The molecule has 6 aromatic carbocycles. The molecule has 0 atom stereocenters. The molecule has 0 aliphatic heterocycles. The van der Waals surface area contributed by atoms with Gasteiger partial charge in [-0.05, 0) is 41.0 Å². The van der Waals surface area contributed by atoms with Crippen LogP contribution in [-0.2, 0) is 0 Å². The highest BCUT2D eigenvalue weighted by molar-refractivity contribution is 6.23. The predicted octanol–water partition coefficient (Wildman–Crippen LogP) is 9.83. The molecule has 0 saturated heterocycles. The lowest BCUT2D eigenvalue weighted by molar-refractivity contribution is 0.539. The van der Waals surface area contributed by atoms with E-state index in [1.165, 1.54) is 24.3 Å². The van der Waals surface area contributed by atoms with E-state index in [0.29, 0.717) is 33.5 Å². The number of rotatable bonds is 4. The van der Waals surface area contributed by atoms with E-state index in [-0.39, 0.29) is 5.56 Å². The van der Waals surface area contributed by atoms with Crippen LogP contribution in [0.3, 0.4) is 0 Å². The van der Waals surface area contributed by atoms with Crippen LogP contribution in [0.1, 0.15) is 11.1 Å². The molecule has 8 rings (SSSR count). The van der Waals surface area contributed by atoms with Gasteiger partial charge in [0.2, 0.25) is 0 Å². The summed E-state index contributed by atoms with van der Waals surface area (Å²) in [5.41, 5.74) is 3.09. The van der Waals surface area contributed by atoms with Crippen molar-refractivity contribution in [3.8, 4) is 51.3 Å². The zero-order valence-corrected chi connectivity index (χ0v) is 25.7. The van der Waals surface area contributed by atoms with Crippen molar-refractivity contribution in [1.29, 1.82) is 10.5 Å². The number of benzene rings is 6. The van der Waals surface area contributed by atoms with Gasteiger partial charge in [-0.2, -0.15) is 15.3 Å². The Bertz CT molecular complexity index is 2770. The van der Waals surface area contributed by atoms with Crippen LogP contribution in [0.25, 0.3) is 76.8 Å². The molecule has 10 heteroatoms. The summed E-state index contributed by atoms with van der Waals surface area (Å²) in [6, 6.07) is 35.2. The first-order chi connectivity index (χ1) is 24.4. The van der Waals surface area contributed by atoms with Gasteiger partial charge < -0.3 is 0 Å². The van der Waals surface area contributed by atoms with Crippen LogP contribution in [0.4, 0.5) is 18.9 Å². The maximum atomic E-state index is 15.3. The molecule has 8 aromatic rings. The van der Waals surface area contributed by atoms with Gasteiger partial charge in [-0.15, -0.1) is 10.2 Å². The highest BCUT2D eigenvalue weighted by Gasteiger charge is 2.26. The molecule has 0 aliphatic rings. The Morgan fingerprint density at radius 3 is 1.90 bits per heavy atom. The number of para-hydroxylation sites is 2. The molecule has 0 spiro atoms. The fourth-order valence-electron chi connectivity index (χ4n) is 6.23. The maximum absolute atomic E-state index is 15.3. The first-order valence-electron chi connectivity index (χ1n) is 15.2. The summed E-state index contributed by atoms with van der Waals surface area (Å²) in [4.78, 5) is 10.1. The van der Waals surface area contributed by atoms with Crippen LogP contribution in [0.5, 0.6) is 0 Å². The summed E-state index contributed by atoms with van der Waals surface area (Å²) in [5.74, 6) is -4.31. The van der Waals surface area contributed by atoms with Gasteiger partial charge >= 0.3 is 0 Å². The standard InChI is InChI=1S/C40H18F3N7/c1-46-25-17-15-24(16-18-25)38-29-19-28(22-11-13-23(14-12-22)33-36(42)30(20-44)35(41)31(21-45)37(33)43)39-40(34(29)27-9-5-6-10-32(27)47-38)49-50(48-39)26-7-3-2-4-8-26/h2-19H. The van der Waals surface area contributed by atoms with Crippen molar-refractivity contribution in [2.45, 2.75) is 0 Å². The highest BCUT2D eigenvalue weighted by Crippen LogP contribution is 2.42. The number of aromatic nitrogens is 4. The molecule has 7 nitrogen and oxygen atoms in total. The summed E-state index contributed by atoms with van der Waals surface area (Å²) >= 11 is 0. The van der Waals surface area contributed by atoms with Crippen molar-refractivity contribution in [2.24, 2.45) is 0 Å². The van der Waals surface area contributed by atoms with E-state index in [1.54, 1.807) is 29.1 Å². The highest BCUT2D eigenvalue weighted by atomic mass is 19.1. The second kappa shape index (κ2) is 11.7. The summed E-state index contributed by atoms with van der Waals surface area (Å²) in [6.07, 6.45) is 0. The zero-order valence-electron chi connectivity index (χ0n) is 25.7. The van der Waals surface area contributed by atoms with Crippen LogP contribution >= 0.6 is 0 Å². The van der Waals surface area contributed by atoms with Crippen LogP contribution in [0.15, 0.2) is 109 Å². The van der Waals surface area contributed by atoms with E-state index >= 15 is 8.78 Å². The molecule has 0 amide bonds. The van der Waals surface area contributed by atoms with Gasteiger partial charge in [-0.25, -0.2) is 23.0 Å². The number of pyridine rings is 1. The molecule has 50 heavy (non-hydrogen) atoms. The summed E-state index contributed by atoms with van der Waals surface area (Å²) in [7, 11) is 0. The Kier molecular flexibility index (Phi) is 7.03. The number of hydrogen-bond donors (Lipinski definition) is 0. The number of fused-ring (bicyclic) bond motifs is 5. The Hall–Kier alpha value is -7.35. The minimum absolute atomic E-state index is 0.00923. The van der Waals surface area contributed by atoms with Gasteiger partial charge in [0.25, 0.3) is 0 Å². The second-order valence-corrected chi connectivity index (χ2v) is 11.4. The van der Waals surface area contributed by atoms with Gasteiger partial charge in [-0.3, -0.25) is 0 Å². The molecule has 2 aromatic heterocycles. The third-order valence-corrected chi connectivity index (χ3v) is 8.61. The van der Waals surface area contributed by atoms with Crippen molar-refractivity contribution in [3.63, 3.8) is 0 Å². The minimum atomic E-state index is -1.54. The first kappa shape index (κ1) is 30.0. The molecule has 2 heterocycles. The molecular weight excluding hydrogens is 635 g/mol. The predicted molar refractivity (Wildman–Crippen MR) is 184 cm³/mol. The molecule has 0 saturated carbocycles. The largest absolute Gasteiger partial charge is 0.247 e. The van der Waals surface area contributed by atoms with Crippen LogP contribution < -0.4 is 0 Å². The van der Waals surface area contributed by atoms with E-state index < -0.39 is 34.1 Å². The third kappa shape index (κ3) is 4.62. The van der Waals surface area contributed by atoms with Crippen LogP contribution in [0.2, 0.25) is 0 Å². The molecule has 234 valence electrons. The van der Waals surface area contributed by atoms with E-state index in [9.17, 15) is 14.9 Å². The number of halogens is 3. The van der Waals surface area contributed by atoms with Crippen molar-refractivity contribution in [1.82, 2.24) is 20.0 Å². The van der Waals surface area contributed by atoms with Crippen molar-refractivity contribution in [2.75, 3.05) is 0 Å². The van der Waals surface area contributed by atoms with E-state index in [0.717, 1.165) is 32.9 Å². The van der Waals surface area contributed by atoms with Gasteiger partial charge in [0.1, 0.15) is 34.3 Å². The molecule has 0 fully saturated rings. The van der Waals surface area contributed by atoms with E-state index in [1.807, 2.05) is 72.8 Å². The molecule has 0 unspecified atom stereocenters. The summed E-state index contributed by atoms with van der Waals surface area (Å²) in [6.45, 7) is 7.39. The van der Waals surface area contributed by atoms with E-state index in [2.05, 4.69) is 4.85 Å².